The Labute approximate surface area is 147 Å². The van der Waals surface area contributed by atoms with Crippen molar-refractivity contribution < 1.29 is 13.9 Å². The molecule has 0 aliphatic rings. The highest BCUT2D eigenvalue weighted by Crippen LogP contribution is 2.35. The van der Waals surface area contributed by atoms with Crippen LogP contribution in [0.5, 0.6) is 5.75 Å². The molecule has 0 spiro atoms. The first-order chi connectivity index (χ1) is 12.6. The third-order valence-electron chi connectivity index (χ3n) is 4.24. The fraction of sp³-hybridized carbons (Fsp3) is 0. The molecule has 0 saturated carbocycles. The van der Waals surface area contributed by atoms with Crippen LogP contribution < -0.4 is 0 Å². The van der Waals surface area contributed by atoms with Crippen molar-refractivity contribution in [2.24, 2.45) is 0 Å². The van der Waals surface area contributed by atoms with Crippen LogP contribution in [0.2, 0.25) is 0 Å². The molecule has 3 heterocycles. The van der Waals surface area contributed by atoms with Crippen LogP contribution in [0.1, 0.15) is 11.1 Å². The molecule has 0 aliphatic carbocycles. The average Bonchev–Trinajstić information content (AvgIpc) is 3.09. The van der Waals surface area contributed by atoms with E-state index in [0.29, 0.717) is 16.6 Å². The minimum absolute atomic E-state index is 0.121. The summed E-state index contributed by atoms with van der Waals surface area (Å²) in [5, 5.41) is 10.2. The minimum Gasteiger partial charge on any atom is -0.505 e. The van der Waals surface area contributed by atoms with E-state index in [0.717, 1.165) is 23.3 Å². The summed E-state index contributed by atoms with van der Waals surface area (Å²) in [7, 11) is 0. The Balaban J connectivity index is 1.88. The van der Waals surface area contributed by atoms with Crippen LogP contribution in [-0.2, 0) is 0 Å². The number of nitrogens with zero attached hydrogens (tertiary/aromatic N) is 2. The highest BCUT2D eigenvalue weighted by Gasteiger charge is 2.20. The maximum Gasteiger partial charge on any atom is 0.175 e. The van der Waals surface area contributed by atoms with Crippen molar-refractivity contribution in [3.8, 4) is 16.9 Å². The Bertz CT molecular complexity index is 1140. The number of nitrogens with one attached hydrogen (secondary N) is 1. The van der Waals surface area contributed by atoms with E-state index in [2.05, 4.69) is 21.5 Å². The molecule has 0 radical (unpaired) electrons. The summed E-state index contributed by atoms with van der Waals surface area (Å²) < 4.78 is 28.4. The number of hydrogen-bond donors (Lipinski definition) is 2. The summed E-state index contributed by atoms with van der Waals surface area (Å²) in [6.07, 6.45) is 6.65. The molecule has 4 aromatic rings. The first-order valence-electron chi connectivity index (χ1n) is 7.80. The highest BCUT2D eigenvalue weighted by atomic mass is 19.1. The largest absolute Gasteiger partial charge is 0.505 e. The SMILES string of the molecule is C=C(c1c(F)ccc(O)c1F)c1c[nH]c2ncc(-c3ccncc3)cc12. The number of pyridine rings is 2. The Morgan fingerprint density at radius 1 is 1.08 bits per heavy atom. The van der Waals surface area contributed by atoms with Gasteiger partial charge in [-0.2, -0.15) is 0 Å². The number of phenols is 1. The Hall–Kier alpha value is -3.54. The number of fused-ring (bicyclic) bond motifs is 1. The van der Waals surface area contributed by atoms with Gasteiger partial charge in [0.25, 0.3) is 0 Å². The van der Waals surface area contributed by atoms with Crippen LogP contribution in [0.3, 0.4) is 0 Å². The number of hydrogen-bond acceptors (Lipinski definition) is 3. The summed E-state index contributed by atoms with van der Waals surface area (Å²) in [6, 6.07) is 7.54. The molecule has 2 N–H and O–H groups in total. The van der Waals surface area contributed by atoms with Gasteiger partial charge in [-0.25, -0.2) is 13.8 Å². The van der Waals surface area contributed by atoms with Gasteiger partial charge in [0, 0.05) is 41.3 Å². The summed E-state index contributed by atoms with van der Waals surface area (Å²) in [6.45, 7) is 3.83. The third kappa shape index (κ3) is 2.52. The third-order valence-corrected chi connectivity index (χ3v) is 4.24. The van der Waals surface area contributed by atoms with Gasteiger partial charge >= 0.3 is 0 Å². The molecule has 128 valence electrons. The number of rotatable bonds is 3. The van der Waals surface area contributed by atoms with Crippen molar-refractivity contribution in [1.82, 2.24) is 15.0 Å². The van der Waals surface area contributed by atoms with E-state index in [1.807, 2.05) is 18.2 Å². The minimum atomic E-state index is -1.04. The van der Waals surface area contributed by atoms with Gasteiger partial charge in [-0.15, -0.1) is 0 Å². The molecule has 4 nitrogen and oxygen atoms in total. The fourth-order valence-corrected chi connectivity index (χ4v) is 2.91. The van der Waals surface area contributed by atoms with Crippen molar-refractivity contribution in [3.05, 3.63) is 84.5 Å². The molecular weight excluding hydrogens is 336 g/mol. The number of aromatic amines is 1. The van der Waals surface area contributed by atoms with E-state index < -0.39 is 17.4 Å². The molecule has 0 saturated heterocycles. The van der Waals surface area contributed by atoms with Crippen molar-refractivity contribution in [1.29, 1.82) is 0 Å². The smallest absolute Gasteiger partial charge is 0.175 e. The lowest BCUT2D eigenvalue weighted by atomic mass is 9.97. The van der Waals surface area contributed by atoms with E-state index in [1.165, 1.54) is 0 Å². The van der Waals surface area contributed by atoms with E-state index in [4.69, 9.17) is 0 Å². The summed E-state index contributed by atoms with van der Waals surface area (Å²) in [5.41, 5.74) is 2.59. The van der Waals surface area contributed by atoms with E-state index in [-0.39, 0.29) is 11.1 Å². The van der Waals surface area contributed by atoms with E-state index in [1.54, 1.807) is 24.8 Å². The molecule has 0 bridgehead atoms. The standard InChI is InChI=1S/C20H13F2N3O/c1-11(18-16(21)2-3-17(26)19(18)22)15-10-25-20-14(15)8-13(9-24-20)12-4-6-23-7-5-12/h2-10,26H,1H2,(H,24,25). The van der Waals surface area contributed by atoms with E-state index in [9.17, 15) is 13.9 Å². The van der Waals surface area contributed by atoms with Gasteiger partial charge in [0.15, 0.2) is 11.6 Å². The number of phenolic OH excluding ortho intramolecular Hbond substituents is 1. The van der Waals surface area contributed by atoms with Gasteiger partial charge in [-0.05, 0) is 41.5 Å². The van der Waals surface area contributed by atoms with Crippen LogP contribution >= 0.6 is 0 Å². The maximum atomic E-state index is 14.3. The lowest BCUT2D eigenvalue weighted by molar-refractivity contribution is 0.426. The molecule has 0 amide bonds. The number of benzene rings is 1. The van der Waals surface area contributed by atoms with Crippen LogP contribution in [0.25, 0.3) is 27.7 Å². The zero-order valence-corrected chi connectivity index (χ0v) is 13.5. The van der Waals surface area contributed by atoms with Gasteiger partial charge in [-0.1, -0.05) is 6.58 Å². The van der Waals surface area contributed by atoms with Gasteiger partial charge in [0.1, 0.15) is 11.5 Å². The van der Waals surface area contributed by atoms with Crippen LogP contribution in [0.4, 0.5) is 8.78 Å². The van der Waals surface area contributed by atoms with Crippen molar-refractivity contribution in [2.45, 2.75) is 0 Å². The maximum absolute atomic E-state index is 14.3. The molecule has 0 atom stereocenters. The molecule has 3 aromatic heterocycles. The second kappa shape index (κ2) is 6.07. The van der Waals surface area contributed by atoms with Gasteiger partial charge in [0.05, 0.1) is 5.56 Å². The molecular formula is C20H13F2N3O. The van der Waals surface area contributed by atoms with Crippen molar-refractivity contribution in [3.63, 3.8) is 0 Å². The number of H-pyrrole nitrogens is 1. The summed E-state index contributed by atoms with van der Waals surface area (Å²) in [5.74, 6) is -2.46. The van der Waals surface area contributed by atoms with Crippen molar-refractivity contribution >= 4 is 16.6 Å². The second-order valence-electron chi connectivity index (χ2n) is 5.79. The first kappa shape index (κ1) is 16.0. The second-order valence-corrected chi connectivity index (χ2v) is 5.79. The van der Waals surface area contributed by atoms with Crippen molar-refractivity contribution in [2.75, 3.05) is 0 Å². The van der Waals surface area contributed by atoms with Gasteiger partial charge in [0.2, 0.25) is 0 Å². The zero-order valence-electron chi connectivity index (χ0n) is 13.5. The summed E-state index contributed by atoms with van der Waals surface area (Å²) in [4.78, 5) is 11.3. The highest BCUT2D eigenvalue weighted by molar-refractivity contribution is 5.96. The van der Waals surface area contributed by atoms with Crippen LogP contribution in [-0.4, -0.2) is 20.1 Å². The Morgan fingerprint density at radius 3 is 2.62 bits per heavy atom. The molecule has 4 rings (SSSR count). The average molecular weight is 349 g/mol. The number of halogens is 2. The first-order valence-corrected chi connectivity index (χ1v) is 7.80. The van der Waals surface area contributed by atoms with E-state index >= 15 is 0 Å². The monoisotopic (exact) mass is 349 g/mol. The van der Waals surface area contributed by atoms with Gasteiger partial charge in [-0.3, -0.25) is 4.98 Å². The molecule has 26 heavy (non-hydrogen) atoms. The topological polar surface area (TPSA) is 61.8 Å². The molecule has 0 fully saturated rings. The lowest BCUT2D eigenvalue weighted by Crippen LogP contribution is -1.96. The quantitative estimate of drug-likeness (QED) is 0.565. The fourth-order valence-electron chi connectivity index (χ4n) is 2.91. The number of aromatic nitrogens is 3. The lowest BCUT2D eigenvalue weighted by Gasteiger charge is -2.09. The normalized spacial score (nSPS) is 11.0. The Kier molecular flexibility index (Phi) is 3.73. The van der Waals surface area contributed by atoms with Gasteiger partial charge < -0.3 is 10.1 Å². The van der Waals surface area contributed by atoms with Crippen LogP contribution in [0.15, 0.2) is 61.7 Å². The number of aromatic hydroxyl groups is 1. The predicted molar refractivity (Wildman–Crippen MR) is 95.5 cm³/mol. The zero-order chi connectivity index (χ0) is 18.3. The predicted octanol–water partition coefficient (Wildman–Crippen LogP) is 4.67. The van der Waals surface area contributed by atoms with Crippen LogP contribution in [0, 0.1) is 11.6 Å². The molecule has 6 heteroatoms. The Morgan fingerprint density at radius 2 is 1.85 bits per heavy atom. The molecule has 0 unspecified atom stereocenters. The molecule has 1 aromatic carbocycles. The summed E-state index contributed by atoms with van der Waals surface area (Å²) >= 11 is 0. The molecule has 0 aliphatic heterocycles.